The van der Waals surface area contributed by atoms with Gasteiger partial charge in [-0.2, -0.15) is 0 Å². The summed E-state index contributed by atoms with van der Waals surface area (Å²) >= 11 is 0. The Labute approximate surface area is 533 Å². The number of alkyl carbamates (subject to hydrolysis) is 1. The van der Waals surface area contributed by atoms with E-state index < -0.39 is 198 Å². The molecule has 1 amide bonds. The summed E-state index contributed by atoms with van der Waals surface area (Å²) < 4.78 is 82.0. The molecule has 6 saturated heterocycles. The van der Waals surface area contributed by atoms with Gasteiger partial charge in [-0.15, -0.1) is 0 Å². The summed E-state index contributed by atoms with van der Waals surface area (Å²) in [6.45, 7) is 22.0. The Morgan fingerprint density at radius 2 is 1.34 bits per heavy atom. The number of nitrogens with two attached hydrogens (primary N) is 1. The van der Waals surface area contributed by atoms with Gasteiger partial charge in [0.2, 0.25) is 5.78 Å². The van der Waals surface area contributed by atoms with Crippen LogP contribution in [-0.4, -0.2) is 192 Å². The number of aliphatic hydroxyl groups is 4. The third-order valence-electron chi connectivity index (χ3n) is 21.4. The van der Waals surface area contributed by atoms with E-state index in [1.807, 2.05) is 39.8 Å². The predicted octanol–water partition coefficient (Wildman–Crippen LogP) is 6.04. The van der Waals surface area contributed by atoms with Crippen molar-refractivity contribution in [2.45, 2.75) is 281 Å². The normalized spacial score (nSPS) is 47.6. The van der Waals surface area contributed by atoms with Crippen molar-refractivity contribution in [3.05, 3.63) is 58.4 Å². The third kappa shape index (κ3) is 14.0. The van der Waals surface area contributed by atoms with E-state index in [1.54, 1.807) is 40.7 Å². The molecule has 2 unspecified atom stereocenters. The molecule has 0 aromatic rings. The van der Waals surface area contributed by atoms with E-state index in [0.29, 0.717) is 44.0 Å². The van der Waals surface area contributed by atoms with Gasteiger partial charge in [0.05, 0.1) is 86.2 Å². The lowest BCUT2D eigenvalue weighted by molar-refractivity contribution is -0.331. The molecule has 91 heavy (non-hydrogen) atoms. The molecule has 10 aliphatic rings. The molecule has 7 N–H and O–H groups in total. The quantitative estimate of drug-likeness (QED) is 0.0402. The summed E-state index contributed by atoms with van der Waals surface area (Å²) in [4.78, 5) is 67.9. The molecule has 2 bridgehead atoms. The van der Waals surface area contributed by atoms with Crippen LogP contribution in [-0.2, 0) is 80.8 Å². The Morgan fingerprint density at radius 1 is 0.703 bits per heavy atom. The molecule has 0 aromatic carbocycles. The molecule has 7 fully saturated rings. The highest BCUT2D eigenvalue weighted by Gasteiger charge is 2.65. The predicted molar refractivity (Wildman–Crippen MR) is 322 cm³/mol. The fourth-order valence-electron chi connectivity index (χ4n) is 16.8. The summed E-state index contributed by atoms with van der Waals surface area (Å²) in [6.07, 6.45) is -1.65. The first-order chi connectivity index (χ1) is 43.0. The Morgan fingerprint density at radius 3 is 2.00 bits per heavy atom. The Kier molecular flexibility index (Phi) is 21.1. The van der Waals surface area contributed by atoms with Crippen LogP contribution < -0.4 is 11.1 Å². The lowest BCUT2D eigenvalue weighted by atomic mass is 9.49. The minimum absolute atomic E-state index is 0.0473. The number of carbonyl (C=O) groups is 5. The lowest BCUT2D eigenvalue weighted by Gasteiger charge is -2.56. The molecule has 508 valence electrons. The summed E-state index contributed by atoms with van der Waals surface area (Å²) in [5, 5.41) is 49.3. The number of methoxy groups -OCH3 is 1. The number of rotatable bonds is 13. The van der Waals surface area contributed by atoms with Crippen molar-refractivity contribution in [1.29, 1.82) is 0 Å². The molecule has 4 aliphatic carbocycles. The molecule has 0 aromatic heterocycles. The van der Waals surface area contributed by atoms with Gasteiger partial charge in [-0.25, -0.2) is 9.59 Å². The van der Waals surface area contributed by atoms with Crippen molar-refractivity contribution < 1.29 is 106 Å². The number of aliphatic hydroxyl groups excluding tert-OH is 4. The summed E-state index contributed by atoms with van der Waals surface area (Å²) in [5.41, 5.74) is 3.19. The van der Waals surface area contributed by atoms with Crippen LogP contribution >= 0.6 is 0 Å². The summed E-state index contributed by atoms with van der Waals surface area (Å²) in [5.74, 6) is -5.95. The minimum Gasteiger partial charge on any atom is -0.511 e. The number of carbonyl (C=O) groups excluding carboxylic acids is 5. The zero-order chi connectivity index (χ0) is 65.9. The Balaban J connectivity index is 0.896. The van der Waals surface area contributed by atoms with Crippen LogP contribution in [0.3, 0.4) is 0 Å². The number of aldehydes is 1. The van der Waals surface area contributed by atoms with E-state index in [0.717, 1.165) is 5.57 Å². The van der Waals surface area contributed by atoms with Gasteiger partial charge in [-0.1, -0.05) is 50.6 Å². The number of fused-ring (bicyclic) bond motifs is 4. The van der Waals surface area contributed by atoms with Crippen molar-refractivity contribution in [3.8, 4) is 0 Å². The summed E-state index contributed by atoms with van der Waals surface area (Å²) in [6, 6.07) is -0.638. The highest BCUT2D eigenvalue weighted by molar-refractivity contribution is 6.26. The second-order valence-corrected chi connectivity index (χ2v) is 28.1. The summed E-state index contributed by atoms with van der Waals surface area (Å²) in [7, 11) is 1.26. The number of ether oxygens (including phenoxy) is 13. The number of allylic oxidation sites excluding steroid dienone is 3. The van der Waals surface area contributed by atoms with Crippen molar-refractivity contribution in [2.24, 2.45) is 46.7 Å². The van der Waals surface area contributed by atoms with Crippen molar-refractivity contribution in [3.63, 3.8) is 0 Å². The molecule has 29 atom stereocenters. The fraction of sp³-hybridized carbons (Fsp3) is 0.776. The van der Waals surface area contributed by atoms with Gasteiger partial charge in [0.25, 0.3) is 0 Å². The highest BCUT2D eigenvalue weighted by atomic mass is 16.8. The maximum absolute atomic E-state index is 15.6. The number of amides is 1. The Hall–Kier alpha value is -4.51. The number of ketones is 1. The van der Waals surface area contributed by atoms with Crippen LogP contribution in [0.1, 0.15) is 147 Å². The average molecular weight is 1280 g/mol. The zero-order valence-corrected chi connectivity index (χ0v) is 54.8. The minimum atomic E-state index is -2.13. The van der Waals surface area contributed by atoms with Gasteiger partial charge < -0.3 is 93.1 Å². The number of esters is 2. The molecule has 10 rings (SSSR count). The first-order valence-electron chi connectivity index (χ1n) is 32.8. The molecule has 24 heteroatoms. The number of hydrogen-bond acceptors (Lipinski definition) is 23. The number of hydrogen-bond donors (Lipinski definition) is 6. The van der Waals surface area contributed by atoms with E-state index >= 15 is 4.79 Å². The molecule has 6 aliphatic heterocycles. The first kappa shape index (κ1) is 69.3. The first-order valence-corrected chi connectivity index (χ1v) is 32.8. The van der Waals surface area contributed by atoms with Crippen LogP contribution in [0.5, 0.6) is 0 Å². The maximum Gasteiger partial charge on any atom is 0.407 e. The van der Waals surface area contributed by atoms with Gasteiger partial charge in [-0.3, -0.25) is 14.4 Å². The standard InChI is InChI=1S/C67H98N2O22/c1-30-14-18-47(86-54-28-65(11,68)60(38(9)84-54)69-64(78)79-13)31(2)23-43-45(73)24-40(29-70)27-67(43)62(76)55(63(77)91-67)61(75)66(12)42(30)16-15-41-56(66)32(3)22-33(4)57(41)90-53-26-49(59(37(8)83-53)85-39(10)71)88-50-21-19-48(35(6)81-50)87-52-25-46(74)58(36(7)82-52)89-51-20-17-44(72)34(5)80-51/h14-16,23-24,29,32-38,41-54,56-60,72-75H,17-22,25-28,68H2,1-13H3,(H,69,78)/b30-14+,31-23?,61-55?/t32-,33+,34+,35-,36-,37-,38-,41+,42+,43-,44+,45-,46-,47?,48+,49?,50-,51-,52-,53-,54-,56-,57+,58-,59-,60-,65-,66+,67+/m0/s1. The molecule has 0 radical (unpaired) electrons. The van der Waals surface area contributed by atoms with E-state index in [9.17, 15) is 39.6 Å². The van der Waals surface area contributed by atoms with Crippen LogP contribution in [0.15, 0.2) is 58.4 Å². The SMILES string of the molecule is COC(=O)N[C@H]1[C@H](C)O[C@@H](OC2C/C=C(\C)[C@H]3C=C[C@H]4[C@H](O[C@H]5CC(O[C@H]6CC[C@@H](O[C@H]7C[C@H](O)[C@@H](O[C@H]8CC[C@@H](O)[C@@H](C)O8)[C@H](C)O7)[C@H](C)O6)[C@@H](OC(C)=O)[C@H](C)O5)[C@H](C)C[C@H](C)[C@@H]4[C@]3(C)C(O)=C3C(=O)O[C@@]4(CC(C=O)=C[C@H](O)[C@@H]4C=C2C)C3=O)C[C@]1(C)N. The van der Waals surface area contributed by atoms with E-state index in [2.05, 4.69) is 25.2 Å². The van der Waals surface area contributed by atoms with Crippen molar-refractivity contribution in [2.75, 3.05) is 7.11 Å². The van der Waals surface area contributed by atoms with Crippen molar-refractivity contribution >= 4 is 30.1 Å². The van der Waals surface area contributed by atoms with Crippen LogP contribution in [0.25, 0.3) is 0 Å². The average Bonchev–Trinajstić information content (AvgIpc) is 1.66. The van der Waals surface area contributed by atoms with Crippen molar-refractivity contribution in [1.82, 2.24) is 5.32 Å². The smallest absolute Gasteiger partial charge is 0.407 e. The van der Waals surface area contributed by atoms with E-state index in [1.165, 1.54) is 20.1 Å². The Bertz CT molecular complexity index is 2840. The zero-order valence-electron chi connectivity index (χ0n) is 54.8. The molecule has 1 spiro atoms. The van der Waals surface area contributed by atoms with Gasteiger partial charge in [-0.05, 0) is 116 Å². The van der Waals surface area contributed by atoms with Crippen LogP contribution in [0, 0.1) is 40.9 Å². The second-order valence-electron chi connectivity index (χ2n) is 28.1. The number of nitrogens with one attached hydrogen (secondary N) is 1. The molecular formula is C67H98N2O22. The van der Waals surface area contributed by atoms with Gasteiger partial charge in [0, 0.05) is 68.2 Å². The monoisotopic (exact) mass is 1280 g/mol. The van der Waals surface area contributed by atoms with Gasteiger partial charge >= 0.3 is 18.0 Å². The lowest BCUT2D eigenvalue weighted by Crippen LogP contribution is -2.66. The topological polar surface area (TPSA) is 324 Å². The number of Topliss-reactive ketones (excluding diaryl/α,β-unsaturated/α-hetero) is 1. The molecule has 6 heterocycles. The highest BCUT2D eigenvalue weighted by Crippen LogP contribution is 2.61. The molecule has 24 nitrogen and oxygen atoms in total. The molecule has 1 saturated carbocycles. The van der Waals surface area contributed by atoms with E-state index in [-0.39, 0.29) is 49.5 Å². The molecular weight excluding hydrogens is 1180 g/mol. The second kappa shape index (κ2) is 27.7. The van der Waals surface area contributed by atoms with E-state index in [4.69, 9.17) is 67.3 Å². The third-order valence-corrected chi connectivity index (χ3v) is 21.4. The van der Waals surface area contributed by atoms with Crippen LogP contribution in [0.2, 0.25) is 0 Å². The largest absolute Gasteiger partial charge is 0.511 e. The maximum atomic E-state index is 15.6. The van der Waals surface area contributed by atoms with Gasteiger partial charge in [0.15, 0.2) is 43.2 Å². The van der Waals surface area contributed by atoms with Crippen LogP contribution in [0.4, 0.5) is 4.79 Å². The fourth-order valence-corrected chi connectivity index (χ4v) is 16.8. The van der Waals surface area contributed by atoms with Gasteiger partial charge in [0.1, 0.15) is 29.8 Å².